The minimum atomic E-state index is -0.110. The van der Waals surface area contributed by atoms with Crippen molar-refractivity contribution in [2.24, 2.45) is 18.9 Å². The zero-order chi connectivity index (χ0) is 19.6. The summed E-state index contributed by atoms with van der Waals surface area (Å²) in [6, 6.07) is 3.96. The van der Waals surface area contributed by atoms with Crippen LogP contribution in [0.5, 0.6) is 0 Å². The van der Waals surface area contributed by atoms with E-state index < -0.39 is 0 Å². The number of aryl methyl sites for hydroxylation is 1. The van der Waals surface area contributed by atoms with Gasteiger partial charge in [0.2, 0.25) is 0 Å². The number of ether oxygens (including phenoxy) is 1. The molecule has 2 aromatic heterocycles. The number of pyridine rings is 1. The largest absolute Gasteiger partial charge is 0.469 e. The summed E-state index contributed by atoms with van der Waals surface area (Å²) in [5.41, 5.74) is 1.58. The van der Waals surface area contributed by atoms with Crippen molar-refractivity contribution in [3.63, 3.8) is 0 Å². The Kier molecular flexibility index (Phi) is 5.87. The summed E-state index contributed by atoms with van der Waals surface area (Å²) in [5, 5.41) is 0. The highest BCUT2D eigenvalue weighted by atomic mass is 16.5. The average molecular weight is 374 g/mol. The Labute approximate surface area is 159 Å². The first-order valence-corrected chi connectivity index (χ1v) is 9.81. The van der Waals surface area contributed by atoms with E-state index in [-0.39, 0.29) is 17.6 Å². The summed E-state index contributed by atoms with van der Waals surface area (Å²) in [5.74, 6) is 1.16. The Balaban J connectivity index is 1.83. The predicted octanol–water partition coefficient (Wildman–Crippen LogP) is 2.56. The molecule has 1 saturated carbocycles. The van der Waals surface area contributed by atoms with E-state index in [0.717, 1.165) is 55.6 Å². The average Bonchev–Trinajstić information content (AvgIpc) is 2.92. The van der Waals surface area contributed by atoms with Crippen molar-refractivity contribution >= 4 is 23.0 Å². The Morgan fingerprint density at radius 2 is 2.00 bits per heavy atom. The Bertz CT molecular complexity index is 862. The van der Waals surface area contributed by atoms with Gasteiger partial charge < -0.3 is 9.64 Å². The molecule has 1 aliphatic rings. The van der Waals surface area contributed by atoms with Gasteiger partial charge in [0.15, 0.2) is 5.65 Å². The zero-order valence-electron chi connectivity index (χ0n) is 16.8. The summed E-state index contributed by atoms with van der Waals surface area (Å²) in [4.78, 5) is 31.4. The zero-order valence-corrected chi connectivity index (χ0v) is 16.8. The Morgan fingerprint density at radius 1 is 1.30 bits per heavy atom. The number of anilines is 1. The molecule has 27 heavy (non-hydrogen) atoms. The molecule has 3 rings (SSSR count). The van der Waals surface area contributed by atoms with Crippen LogP contribution in [-0.2, 0) is 23.1 Å². The van der Waals surface area contributed by atoms with E-state index in [9.17, 15) is 9.59 Å². The van der Waals surface area contributed by atoms with Gasteiger partial charge >= 0.3 is 11.7 Å². The van der Waals surface area contributed by atoms with Crippen LogP contribution < -0.4 is 10.6 Å². The maximum Gasteiger partial charge on any atom is 0.330 e. The van der Waals surface area contributed by atoms with Crippen LogP contribution in [0, 0.1) is 11.8 Å². The van der Waals surface area contributed by atoms with Crippen molar-refractivity contribution in [1.29, 1.82) is 0 Å². The van der Waals surface area contributed by atoms with Gasteiger partial charge in [-0.1, -0.05) is 6.92 Å². The highest BCUT2D eigenvalue weighted by Gasteiger charge is 2.28. The van der Waals surface area contributed by atoms with Gasteiger partial charge in [0.05, 0.1) is 18.5 Å². The number of methoxy groups -OCH3 is 1. The molecular formula is C20H30N4O3. The third-order valence-electron chi connectivity index (χ3n) is 5.75. The lowest BCUT2D eigenvalue weighted by Gasteiger charge is -2.27. The minimum absolute atomic E-state index is 0.00269. The summed E-state index contributed by atoms with van der Waals surface area (Å²) in [6.07, 6.45) is 4.56. The predicted molar refractivity (Wildman–Crippen MR) is 106 cm³/mol. The van der Waals surface area contributed by atoms with Crippen LogP contribution in [-0.4, -0.2) is 40.8 Å². The molecule has 2 heterocycles. The lowest BCUT2D eigenvalue weighted by molar-refractivity contribution is -0.146. The molecule has 0 atom stereocenters. The summed E-state index contributed by atoms with van der Waals surface area (Å²) < 4.78 is 8.35. The first kappa shape index (κ1) is 19.5. The molecule has 0 radical (unpaired) electrons. The number of carbonyl (C=O) groups excluding carboxylic acids is 1. The molecule has 0 aliphatic heterocycles. The smallest absolute Gasteiger partial charge is 0.330 e. The third kappa shape index (κ3) is 3.87. The van der Waals surface area contributed by atoms with Gasteiger partial charge in [0, 0.05) is 27.2 Å². The van der Waals surface area contributed by atoms with Crippen LogP contribution in [0.3, 0.4) is 0 Å². The van der Waals surface area contributed by atoms with E-state index >= 15 is 0 Å². The van der Waals surface area contributed by atoms with Crippen molar-refractivity contribution < 1.29 is 9.53 Å². The van der Waals surface area contributed by atoms with E-state index in [1.54, 1.807) is 11.6 Å². The van der Waals surface area contributed by atoms with E-state index in [0.29, 0.717) is 12.5 Å². The fourth-order valence-corrected chi connectivity index (χ4v) is 4.10. The van der Waals surface area contributed by atoms with Crippen LogP contribution in [0.15, 0.2) is 16.9 Å². The molecule has 7 heteroatoms. The number of hydrogen-bond donors (Lipinski definition) is 0. The number of fused-ring (bicyclic) bond motifs is 1. The summed E-state index contributed by atoms with van der Waals surface area (Å²) in [7, 11) is 5.27. The fraction of sp³-hybridized carbons (Fsp3) is 0.650. The van der Waals surface area contributed by atoms with Gasteiger partial charge in [-0.3, -0.25) is 13.9 Å². The summed E-state index contributed by atoms with van der Waals surface area (Å²) in [6.45, 7) is 3.71. The molecular weight excluding hydrogens is 344 g/mol. The molecule has 2 aromatic rings. The van der Waals surface area contributed by atoms with Crippen molar-refractivity contribution in [2.75, 3.05) is 25.6 Å². The van der Waals surface area contributed by atoms with Gasteiger partial charge in [-0.15, -0.1) is 0 Å². The first-order chi connectivity index (χ1) is 13.0. The van der Waals surface area contributed by atoms with Crippen molar-refractivity contribution in [1.82, 2.24) is 14.1 Å². The standard InChI is InChI=1S/C20H30N4O3/c1-5-12-22(2)17-11-10-16-18(21-17)24(20(26)23(16)3)13-14-6-8-15(9-7-14)19(25)27-4/h10-11,14-15H,5-9,12-13H2,1-4H3. The second kappa shape index (κ2) is 8.15. The quantitative estimate of drug-likeness (QED) is 0.727. The Hall–Kier alpha value is -2.31. The highest BCUT2D eigenvalue weighted by Crippen LogP contribution is 2.31. The van der Waals surface area contributed by atoms with E-state index in [1.807, 2.05) is 23.7 Å². The van der Waals surface area contributed by atoms with E-state index in [1.165, 1.54) is 7.11 Å². The first-order valence-electron chi connectivity index (χ1n) is 9.81. The number of aromatic nitrogens is 3. The molecule has 7 nitrogen and oxygen atoms in total. The van der Waals surface area contributed by atoms with Crippen molar-refractivity contribution in [3.05, 3.63) is 22.6 Å². The topological polar surface area (TPSA) is 69.4 Å². The minimum Gasteiger partial charge on any atom is -0.469 e. The molecule has 0 bridgehead atoms. The van der Waals surface area contributed by atoms with Crippen LogP contribution in [0.4, 0.5) is 5.82 Å². The van der Waals surface area contributed by atoms with Crippen molar-refractivity contribution in [3.8, 4) is 0 Å². The molecule has 148 valence electrons. The van der Waals surface area contributed by atoms with Crippen LogP contribution >= 0.6 is 0 Å². The number of nitrogens with zero attached hydrogens (tertiary/aromatic N) is 4. The normalized spacial score (nSPS) is 20.0. The lowest BCUT2D eigenvalue weighted by atomic mass is 9.82. The maximum absolute atomic E-state index is 12.8. The lowest BCUT2D eigenvalue weighted by Crippen LogP contribution is -2.29. The number of rotatable bonds is 6. The molecule has 0 aromatic carbocycles. The van der Waals surface area contributed by atoms with Gasteiger partial charge in [0.1, 0.15) is 5.82 Å². The van der Waals surface area contributed by atoms with Crippen LogP contribution in [0.2, 0.25) is 0 Å². The SMILES string of the molecule is CCCN(C)c1ccc2c(n1)n(CC1CCC(C(=O)OC)CC1)c(=O)n2C. The number of imidazole rings is 1. The van der Waals surface area contributed by atoms with Crippen LogP contribution in [0.1, 0.15) is 39.0 Å². The van der Waals surface area contributed by atoms with Gasteiger partial charge in [-0.05, 0) is 50.2 Å². The monoisotopic (exact) mass is 374 g/mol. The van der Waals surface area contributed by atoms with E-state index in [4.69, 9.17) is 9.72 Å². The third-order valence-corrected chi connectivity index (χ3v) is 5.75. The summed E-state index contributed by atoms with van der Waals surface area (Å²) >= 11 is 0. The van der Waals surface area contributed by atoms with Gasteiger partial charge in [-0.25, -0.2) is 9.78 Å². The van der Waals surface area contributed by atoms with Crippen LogP contribution in [0.25, 0.3) is 11.2 Å². The molecule has 1 aliphatic carbocycles. The number of esters is 1. The fourth-order valence-electron chi connectivity index (χ4n) is 4.10. The number of hydrogen-bond acceptors (Lipinski definition) is 5. The second-order valence-electron chi connectivity index (χ2n) is 7.63. The maximum atomic E-state index is 12.8. The number of carbonyl (C=O) groups is 1. The van der Waals surface area contributed by atoms with E-state index in [2.05, 4.69) is 11.8 Å². The molecule has 1 fully saturated rings. The molecule has 0 spiro atoms. The molecule has 0 saturated heterocycles. The Morgan fingerprint density at radius 3 is 2.63 bits per heavy atom. The van der Waals surface area contributed by atoms with Gasteiger partial charge in [0.25, 0.3) is 0 Å². The molecule has 0 amide bonds. The van der Waals surface area contributed by atoms with Crippen molar-refractivity contribution in [2.45, 2.75) is 45.6 Å². The second-order valence-corrected chi connectivity index (χ2v) is 7.63. The molecule has 0 N–H and O–H groups in total. The van der Waals surface area contributed by atoms with Gasteiger partial charge in [-0.2, -0.15) is 0 Å². The highest BCUT2D eigenvalue weighted by molar-refractivity contribution is 5.74. The molecule has 0 unspecified atom stereocenters.